The summed E-state index contributed by atoms with van der Waals surface area (Å²) in [6.07, 6.45) is 1.64. The maximum absolute atomic E-state index is 12.0. The molecule has 0 radical (unpaired) electrons. The van der Waals surface area contributed by atoms with Crippen LogP contribution < -0.4 is 11.1 Å². The number of carbonyl (C=O) groups excluding carboxylic acids is 1. The fourth-order valence-electron chi connectivity index (χ4n) is 1.21. The molecule has 0 aromatic carbocycles. The molecule has 0 saturated heterocycles. The molecule has 1 aromatic rings. The lowest BCUT2D eigenvalue weighted by Crippen LogP contribution is -2.41. The first kappa shape index (κ1) is 13.6. The molecule has 0 bridgehead atoms. The van der Waals surface area contributed by atoms with E-state index in [2.05, 4.69) is 10.4 Å². The molecular formula is C11H18N4OS. The third-order valence-corrected chi connectivity index (χ3v) is 3.09. The highest BCUT2D eigenvalue weighted by molar-refractivity contribution is 7.80. The molecule has 1 rings (SSSR count). The van der Waals surface area contributed by atoms with E-state index in [-0.39, 0.29) is 16.9 Å². The van der Waals surface area contributed by atoms with Gasteiger partial charge in [0.25, 0.3) is 0 Å². The molecule has 0 aliphatic rings. The molecule has 0 atom stereocenters. The maximum Gasteiger partial charge on any atom is 0.238 e. The molecule has 0 spiro atoms. The number of hydrogen-bond acceptors (Lipinski definition) is 3. The number of aromatic nitrogens is 2. The topological polar surface area (TPSA) is 72.9 Å². The van der Waals surface area contributed by atoms with E-state index in [9.17, 15) is 4.79 Å². The highest BCUT2D eigenvalue weighted by Gasteiger charge is 2.31. The summed E-state index contributed by atoms with van der Waals surface area (Å²) in [5, 5.41) is 6.92. The highest BCUT2D eigenvalue weighted by Crippen LogP contribution is 2.20. The van der Waals surface area contributed by atoms with Crippen molar-refractivity contribution in [2.24, 2.45) is 11.1 Å². The molecule has 1 heterocycles. The third-order valence-electron chi connectivity index (χ3n) is 2.58. The number of hydrogen-bond donors (Lipinski definition) is 2. The summed E-state index contributed by atoms with van der Waals surface area (Å²) in [6, 6.07) is 1.92. The minimum absolute atomic E-state index is 0.172. The first-order valence-corrected chi connectivity index (χ1v) is 5.82. The summed E-state index contributed by atoms with van der Waals surface area (Å²) in [7, 11) is 0. The Kier molecular flexibility index (Phi) is 3.87. The standard InChI is InChI=1S/C11H18N4OS/c1-7(2)15-8(5-6-13-15)14-10(16)11(3,4)9(12)17/h5-7H,1-4H3,(H2,12,17)(H,14,16). The number of anilines is 1. The zero-order valence-corrected chi connectivity index (χ0v) is 11.3. The van der Waals surface area contributed by atoms with E-state index in [1.165, 1.54) is 0 Å². The van der Waals surface area contributed by atoms with E-state index in [1.54, 1.807) is 30.8 Å². The van der Waals surface area contributed by atoms with Gasteiger partial charge in [-0.2, -0.15) is 5.10 Å². The molecule has 0 unspecified atom stereocenters. The average molecular weight is 254 g/mol. The van der Waals surface area contributed by atoms with Crippen LogP contribution in [0.25, 0.3) is 0 Å². The van der Waals surface area contributed by atoms with Gasteiger partial charge in [0.1, 0.15) is 5.82 Å². The Labute approximate surface area is 106 Å². The fourth-order valence-corrected chi connectivity index (χ4v) is 1.30. The smallest absolute Gasteiger partial charge is 0.238 e. The van der Waals surface area contributed by atoms with Gasteiger partial charge < -0.3 is 11.1 Å². The highest BCUT2D eigenvalue weighted by atomic mass is 32.1. The molecule has 1 amide bonds. The summed E-state index contributed by atoms with van der Waals surface area (Å²) in [5.74, 6) is 0.418. The molecule has 94 valence electrons. The summed E-state index contributed by atoms with van der Waals surface area (Å²) in [5.41, 5.74) is 4.67. The zero-order valence-electron chi connectivity index (χ0n) is 10.5. The van der Waals surface area contributed by atoms with E-state index in [4.69, 9.17) is 18.0 Å². The number of rotatable bonds is 4. The molecule has 6 heteroatoms. The van der Waals surface area contributed by atoms with Gasteiger partial charge in [0.05, 0.1) is 16.6 Å². The molecule has 0 saturated carbocycles. The minimum Gasteiger partial charge on any atom is -0.392 e. The Morgan fingerprint density at radius 1 is 1.59 bits per heavy atom. The van der Waals surface area contributed by atoms with Gasteiger partial charge in [-0.3, -0.25) is 4.79 Å². The van der Waals surface area contributed by atoms with Crippen LogP contribution in [0.15, 0.2) is 12.3 Å². The quantitative estimate of drug-likeness (QED) is 0.802. The van der Waals surface area contributed by atoms with Crippen molar-refractivity contribution in [3.05, 3.63) is 12.3 Å². The number of amides is 1. The Hall–Kier alpha value is -1.43. The van der Waals surface area contributed by atoms with Crippen molar-refractivity contribution in [3.8, 4) is 0 Å². The molecule has 3 N–H and O–H groups in total. The van der Waals surface area contributed by atoms with E-state index in [0.717, 1.165) is 0 Å². The lowest BCUT2D eigenvalue weighted by molar-refractivity contribution is -0.121. The summed E-state index contributed by atoms with van der Waals surface area (Å²) in [6.45, 7) is 7.37. The lowest BCUT2D eigenvalue weighted by Gasteiger charge is -2.22. The predicted molar refractivity (Wildman–Crippen MR) is 71.8 cm³/mol. The average Bonchev–Trinajstić information content (AvgIpc) is 2.65. The Balaban J connectivity index is 2.89. The molecule has 0 aliphatic carbocycles. The van der Waals surface area contributed by atoms with Crippen molar-refractivity contribution in [1.29, 1.82) is 0 Å². The van der Waals surface area contributed by atoms with Crippen LogP contribution in [0.2, 0.25) is 0 Å². The second-order valence-corrected chi connectivity index (χ2v) is 5.14. The summed E-state index contributed by atoms with van der Waals surface area (Å²) >= 11 is 4.88. The van der Waals surface area contributed by atoms with Gasteiger partial charge in [0.2, 0.25) is 5.91 Å². The van der Waals surface area contributed by atoms with Crippen molar-refractivity contribution >= 4 is 28.9 Å². The summed E-state index contributed by atoms with van der Waals surface area (Å²) < 4.78 is 1.73. The van der Waals surface area contributed by atoms with Gasteiger partial charge in [-0.1, -0.05) is 12.2 Å². The molecule has 17 heavy (non-hydrogen) atoms. The van der Waals surface area contributed by atoms with E-state index < -0.39 is 5.41 Å². The Morgan fingerprint density at radius 3 is 2.65 bits per heavy atom. The van der Waals surface area contributed by atoms with Crippen molar-refractivity contribution in [2.45, 2.75) is 33.7 Å². The van der Waals surface area contributed by atoms with Crippen LogP contribution in [-0.4, -0.2) is 20.7 Å². The Morgan fingerprint density at radius 2 is 2.18 bits per heavy atom. The minimum atomic E-state index is -0.874. The van der Waals surface area contributed by atoms with Gasteiger partial charge in [0, 0.05) is 12.1 Å². The number of nitrogens with zero attached hydrogens (tertiary/aromatic N) is 2. The van der Waals surface area contributed by atoms with Gasteiger partial charge in [0.15, 0.2) is 0 Å². The molecule has 0 fully saturated rings. The first-order chi connectivity index (χ1) is 7.76. The van der Waals surface area contributed by atoms with Crippen LogP contribution in [-0.2, 0) is 4.79 Å². The Bertz CT molecular complexity index is 436. The van der Waals surface area contributed by atoms with Crippen LogP contribution in [0.5, 0.6) is 0 Å². The van der Waals surface area contributed by atoms with Crippen LogP contribution in [0.3, 0.4) is 0 Å². The number of thiocarbonyl (C=S) groups is 1. The van der Waals surface area contributed by atoms with Crippen LogP contribution in [0, 0.1) is 5.41 Å². The zero-order chi connectivity index (χ0) is 13.2. The van der Waals surface area contributed by atoms with Gasteiger partial charge >= 0.3 is 0 Å². The normalized spacial score (nSPS) is 11.6. The van der Waals surface area contributed by atoms with E-state index >= 15 is 0 Å². The number of nitrogens with one attached hydrogen (secondary N) is 1. The summed E-state index contributed by atoms with van der Waals surface area (Å²) in [4.78, 5) is 12.2. The van der Waals surface area contributed by atoms with Gasteiger partial charge in [-0.05, 0) is 27.7 Å². The van der Waals surface area contributed by atoms with E-state index in [0.29, 0.717) is 5.82 Å². The number of nitrogens with two attached hydrogens (primary N) is 1. The van der Waals surface area contributed by atoms with E-state index in [1.807, 2.05) is 13.8 Å². The lowest BCUT2D eigenvalue weighted by atomic mass is 9.92. The van der Waals surface area contributed by atoms with Gasteiger partial charge in [-0.25, -0.2) is 4.68 Å². The predicted octanol–water partition coefficient (Wildman–Crippen LogP) is 1.71. The van der Waals surface area contributed by atoms with Crippen molar-refractivity contribution in [3.63, 3.8) is 0 Å². The SMILES string of the molecule is CC(C)n1nccc1NC(=O)C(C)(C)C(N)=S. The second-order valence-electron chi connectivity index (χ2n) is 4.70. The molecule has 1 aromatic heterocycles. The first-order valence-electron chi connectivity index (χ1n) is 5.41. The second kappa shape index (κ2) is 4.83. The molecule has 5 nitrogen and oxygen atoms in total. The van der Waals surface area contributed by atoms with Crippen LogP contribution in [0.4, 0.5) is 5.82 Å². The largest absolute Gasteiger partial charge is 0.392 e. The van der Waals surface area contributed by atoms with Crippen LogP contribution >= 0.6 is 12.2 Å². The van der Waals surface area contributed by atoms with Crippen LogP contribution in [0.1, 0.15) is 33.7 Å². The van der Waals surface area contributed by atoms with Crippen molar-refractivity contribution in [1.82, 2.24) is 9.78 Å². The van der Waals surface area contributed by atoms with Gasteiger partial charge in [-0.15, -0.1) is 0 Å². The van der Waals surface area contributed by atoms with Crippen molar-refractivity contribution < 1.29 is 4.79 Å². The van der Waals surface area contributed by atoms with Crippen molar-refractivity contribution in [2.75, 3.05) is 5.32 Å². The fraction of sp³-hybridized carbons (Fsp3) is 0.545. The third kappa shape index (κ3) is 2.82. The molecule has 0 aliphatic heterocycles. The number of carbonyl (C=O) groups is 1. The monoisotopic (exact) mass is 254 g/mol. The maximum atomic E-state index is 12.0. The molecular weight excluding hydrogens is 236 g/mol.